The van der Waals surface area contributed by atoms with Crippen molar-refractivity contribution >= 4 is 0 Å². The van der Waals surface area contributed by atoms with Crippen molar-refractivity contribution in [3.05, 3.63) is 113 Å². The molecule has 1 heterocycles. The molecule has 0 atom stereocenters. The molecule has 0 radical (unpaired) electrons. The Bertz CT molecular complexity index is 1060. The van der Waals surface area contributed by atoms with Crippen molar-refractivity contribution in [3.8, 4) is 22.5 Å². The summed E-state index contributed by atoms with van der Waals surface area (Å²) in [6.45, 7) is 0.506. The lowest BCUT2D eigenvalue weighted by atomic mass is 10.0. The molecule has 4 rings (SSSR count). The fourth-order valence-corrected chi connectivity index (χ4v) is 3.11. The number of benzene rings is 3. The highest BCUT2D eigenvalue weighted by Crippen LogP contribution is 2.29. The van der Waals surface area contributed by atoms with Gasteiger partial charge in [-0.2, -0.15) is 0 Å². The van der Waals surface area contributed by atoms with Gasteiger partial charge < -0.3 is 4.57 Å². The van der Waals surface area contributed by atoms with E-state index in [2.05, 4.69) is 4.98 Å². The minimum Gasteiger partial charge on any atom is -0.300 e. The molecule has 0 spiro atoms. The molecular formula is C23H18N2O. The standard InChI is InChI=1S/C23H18N2O/c26-21-16-24-22(19-12-6-2-7-13-19)23(20-14-8-3-9-15-20)25(21)17-18-10-4-1-5-11-18/h1-16H,17H2. The van der Waals surface area contributed by atoms with E-state index in [9.17, 15) is 4.79 Å². The third kappa shape index (κ3) is 3.20. The lowest BCUT2D eigenvalue weighted by molar-refractivity contribution is 0.759. The van der Waals surface area contributed by atoms with Crippen LogP contribution in [-0.2, 0) is 6.54 Å². The minimum atomic E-state index is -0.104. The number of rotatable bonds is 4. The number of aromatic nitrogens is 2. The summed E-state index contributed by atoms with van der Waals surface area (Å²) in [6.07, 6.45) is 1.41. The Morgan fingerprint density at radius 3 is 1.85 bits per heavy atom. The molecule has 0 aliphatic rings. The van der Waals surface area contributed by atoms with Crippen LogP contribution in [0.3, 0.4) is 0 Å². The van der Waals surface area contributed by atoms with Crippen LogP contribution in [0.1, 0.15) is 5.56 Å². The zero-order valence-corrected chi connectivity index (χ0v) is 14.2. The second kappa shape index (κ2) is 7.19. The zero-order valence-electron chi connectivity index (χ0n) is 14.2. The molecule has 3 aromatic carbocycles. The Balaban J connectivity index is 1.97. The Labute approximate surface area is 152 Å². The van der Waals surface area contributed by atoms with Crippen molar-refractivity contribution < 1.29 is 0 Å². The Hall–Kier alpha value is -3.46. The van der Waals surface area contributed by atoms with Crippen LogP contribution in [-0.4, -0.2) is 9.55 Å². The first kappa shape index (κ1) is 16.0. The maximum atomic E-state index is 12.7. The SMILES string of the molecule is O=c1cnc(-c2ccccc2)c(-c2ccccc2)n1Cc1ccccc1. The molecule has 0 aliphatic heterocycles. The summed E-state index contributed by atoms with van der Waals surface area (Å²) >= 11 is 0. The molecule has 126 valence electrons. The van der Waals surface area contributed by atoms with E-state index in [0.29, 0.717) is 6.54 Å². The van der Waals surface area contributed by atoms with Gasteiger partial charge in [0.05, 0.1) is 24.1 Å². The summed E-state index contributed by atoms with van der Waals surface area (Å²) in [5.41, 5.74) is 4.60. The van der Waals surface area contributed by atoms with Crippen LogP contribution in [0.25, 0.3) is 22.5 Å². The monoisotopic (exact) mass is 338 g/mol. The van der Waals surface area contributed by atoms with E-state index in [1.54, 1.807) is 4.57 Å². The maximum Gasteiger partial charge on any atom is 0.269 e. The smallest absolute Gasteiger partial charge is 0.269 e. The van der Waals surface area contributed by atoms with Gasteiger partial charge in [0.25, 0.3) is 5.56 Å². The number of hydrogen-bond donors (Lipinski definition) is 0. The highest BCUT2D eigenvalue weighted by molar-refractivity contribution is 5.78. The Kier molecular flexibility index (Phi) is 4.44. The van der Waals surface area contributed by atoms with Gasteiger partial charge in [-0.3, -0.25) is 4.79 Å². The highest BCUT2D eigenvalue weighted by Gasteiger charge is 2.15. The van der Waals surface area contributed by atoms with Gasteiger partial charge in [0.2, 0.25) is 0 Å². The summed E-state index contributed by atoms with van der Waals surface area (Å²) in [7, 11) is 0. The van der Waals surface area contributed by atoms with Gasteiger partial charge in [-0.15, -0.1) is 0 Å². The predicted octanol–water partition coefficient (Wildman–Crippen LogP) is 4.63. The summed E-state index contributed by atoms with van der Waals surface area (Å²) in [5.74, 6) is 0. The van der Waals surface area contributed by atoms with Crippen molar-refractivity contribution in [1.29, 1.82) is 0 Å². The van der Waals surface area contributed by atoms with E-state index in [-0.39, 0.29) is 5.56 Å². The first-order valence-corrected chi connectivity index (χ1v) is 8.57. The first-order valence-electron chi connectivity index (χ1n) is 8.57. The molecule has 1 aromatic heterocycles. The van der Waals surface area contributed by atoms with Crippen LogP contribution in [0.4, 0.5) is 0 Å². The van der Waals surface area contributed by atoms with E-state index in [1.807, 2.05) is 91.0 Å². The average Bonchev–Trinajstić information content (AvgIpc) is 2.71. The third-order valence-electron chi connectivity index (χ3n) is 4.34. The average molecular weight is 338 g/mol. The topological polar surface area (TPSA) is 34.9 Å². The molecule has 3 heteroatoms. The quantitative estimate of drug-likeness (QED) is 0.544. The van der Waals surface area contributed by atoms with Gasteiger partial charge in [0.15, 0.2) is 0 Å². The molecule has 0 bridgehead atoms. The molecule has 3 nitrogen and oxygen atoms in total. The molecule has 0 amide bonds. The van der Waals surface area contributed by atoms with Crippen LogP contribution in [0.5, 0.6) is 0 Å². The van der Waals surface area contributed by atoms with E-state index in [4.69, 9.17) is 0 Å². The lowest BCUT2D eigenvalue weighted by Gasteiger charge is -2.17. The van der Waals surface area contributed by atoms with Gasteiger partial charge in [-0.25, -0.2) is 4.98 Å². The normalized spacial score (nSPS) is 10.6. The van der Waals surface area contributed by atoms with Gasteiger partial charge in [0, 0.05) is 11.1 Å². The van der Waals surface area contributed by atoms with E-state index >= 15 is 0 Å². The summed E-state index contributed by atoms with van der Waals surface area (Å²) in [5, 5.41) is 0. The molecule has 4 aromatic rings. The molecule has 26 heavy (non-hydrogen) atoms. The van der Waals surface area contributed by atoms with Crippen LogP contribution in [0.2, 0.25) is 0 Å². The molecule has 0 saturated heterocycles. The summed E-state index contributed by atoms with van der Waals surface area (Å²) < 4.78 is 1.81. The van der Waals surface area contributed by atoms with E-state index in [0.717, 1.165) is 28.1 Å². The Morgan fingerprint density at radius 2 is 1.23 bits per heavy atom. The molecule has 0 aliphatic carbocycles. The molecule has 0 fully saturated rings. The van der Waals surface area contributed by atoms with Crippen molar-refractivity contribution in [2.45, 2.75) is 6.54 Å². The van der Waals surface area contributed by atoms with Crippen molar-refractivity contribution in [3.63, 3.8) is 0 Å². The van der Waals surface area contributed by atoms with E-state index in [1.165, 1.54) is 6.20 Å². The molecular weight excluding hydrogens is 320 g/mol. The second-order valence-corrected chi connectivity index (χ2v) is 6.10. The van der Waals surface area contributed by atoms with Gasteiger partial charge in [-0.05, 0) is 5.56 Å². The van der Waals surface area contributed by atoms with E-state index < -0.39 is 0 Å². The maximum absolute atomic E-state index is 12.7. The van der Waals surface area contributed by atoms with Crippen LogP contribution >= 0.6 is 0 Å². The largest absolute Gasteiger partial charge is 0.300 e. The van der Waals surface area contributed by atoms with Crippen LogP contribution in [0, 0.1) is 0 Å². The second-order valence-electron chi connectivity index (χ2n) is 6.10. The van der Waals surface area contributed by atoms with Crippen molar-refractivity contribution in [2.24, 2.45) is 0 Å². The lowest BCUT2D eigenvalue weighted by Crippen LogP contribution is -2.23. The van der Waals surface area contributed by atoms with Gasteiger partial charge in [0.1, 0.15) is 0 Å². The van der Waals surface area contributed by atoms with Gasteiger partial charge in [-0.1, -0.05) is 91.0 Å². The molecule has 0 saturated carbocycles. The predicted molar refractivity (Wildman–Crippen MR) is 105 cm³/mol. The van der Waals surface area contributed by atoms with Gasteiger partial charge >= 0.3 is 0 Å². The third-order valence-corrected chi connectivity index (χ3v) is 4.34. The fraction of sp³-hybridized carbons (Fsp3) is 0.0435. The zero-order chi connectivity index (χ0) is 17.8. The van der Waals surface area contributed by atoms with Crippen LogP contribution < -0.4 is 5.56 Å². The first-order chi connectivity index (χ1) is 12.8. The summed E-state index contributed by atoms with van der Waals surface area (Å²) in [6, 6.07) is 30.0. The van der Waals surface area contributed by atoms with Crippen molar-refractivity contribution in [1.82, 2.24) is 9.55 Å². The number of nitrogens with zero attached hydrogens (tertiary/aromatic N) is 2. The number of hydrogen-bond acceptors (Lipinski definition) is 2. The minimum absolute atomic E-state index is 0.104. The van der Waals surface area contributed by atoms with Crippen LogP contribution in [0.15, 0.2) is 102 Å². The fourth-order valence-electron chi connectivity index (χ4n) is 3.11. The molecule has 0 unspecified atom stereocenters. The van der Waals surface area contributed by atoms with Crippen molar-refractivity contribution in [2.75, 3.05) is 0 Å². The molecule has 0 N–H and O–H groups in total. The summed E-state index contributed by atoms with van der Waals surface area (Å²) in [4.78, 5) is 17.2. The highest BCUT2D eigenvalue weighted by atomic mass is 16.1. The Morgan fingerprint density at radius 1 is 0.692 bits per heavy atom.